The van der Waals surface area contributed by atoms with Gasteiger partial charge in [0.2, 0.25) is 10.0 Å². The smallest absolute Gasteiger partial charge is 0.320 e. The second-order valence-corrected chi connectivity index (χ2v) is 10.4. The van der Waals surface area contributed by atoms with Gasteiger partial charge in [-0.1, -0.05) is 11.6 Å². The first kappa shape index (κ1) is 23.8. The lowest BCUT2D eigenvalue weighted by Crippen LogP contribution is -2.41. The molecule has 1 unspecified atom stereocenters. The highest BCUT2D eigenvalue weighted by molar-refractivity contribution is 7.89. The van der Waals surface area contributed by atoms with Gasteiger partial charge in [0.05, 0.1) is 32.6 Å². The molecule has 1 heterocycles. The van der Waals surface area contributed by atoms with Gasteiger partial charge in [-0.2, -0.15) is 0 Å². The SMILES string of the molecule is CCOC(=O)C1(Cc2cc3cc(C)ccc3n2S(C)(=O)=O)Cc2cc(OC)c(OC)cc2C1=O. The molecule has 1 aliphatic rings. The van der Waals surface area contributed by atoms with Gasteiger partial charge in [0.15, 0.2) is 17.3 Å². The summed E-state index contributed by atoms with van der Waals surface area (Å²) in [6.45, 7) is 3.67. The maximum atomic E-state index is 13.8. The maximum absolute atomic E-state index is 13.8. The zero-order chi connectivity index (χ0) is 24.8. The Bertz CT molecular complexity index is 1420. The molecular weight excluding hydrogens is 458 g/mol. The quantitative estimate of drug-likeness (QED) is 0.374. The fourth-order valence-corrected chi connectivity index (χ4v) is 5.85. The van der Waals surface area contributed by atoms with E-state index in [-0.39, 0.29) is 19.4 Å². The standard InChI is InChI=1S/C25H27NO7S/c1-6-33-24(28)25(13-17-11-21(31-3)22(32-4)12-19(17)23(25)27)14-18-10-16-9-15(2)7-8-20(16)26(18)34(5,29)30/h7-12H,6,13-14H2,1-5H3. The number of benzene rings is 2. The summed E-state index contributed by atoms with van der Waals surface area (Å²) in [6, 6.07) is 10.4. The minimum absolute atomic E-state index is 0.0602. The van der Waals surface area contributed by atoms with Crippen LogP contribution in [0.4, 0.5) is 0 Å². The van der Waals surface area contributed by atoms with E-state index in [1.54, 1.807) is 31.2 Å². The van der Waals surface area contributed by atoms with Gasteiger partial charge in [-0.15, -0.1) is 0 Å². The molecule has 0 N–H and O–H groups in total. The van der Waals surface area contributed by atoms with Crippen molar-refractivity contribution >= 4 is 32.7 Å². The molecule has 4 rings (SSSR count). The number of Topliss-reactive ketones (excluding diaryl/α,β-unsaturated/α-hetero) is 1. The zero-order valence-corrected chi connectivity index (χ0v) is 20.6. The Labute approximate surface area is 198 Å². The molecule has 180 valence electrons. The molecule has 0 aliphatic heterocycles. The third-order valence-electron chi connectivity index (χ3n) is 6.25. The first-order valence-electron chi connectivity index (χ1n) is 10.8. The Kier molecular flexibility index (Phi) is 5.93. The third kappa shape index (κ3) is 3.73. The van der Waals surface area contributed by atoms with Crippen LogP contribution in [0.15, 0.2) is 36.4 Å². The first-order valence-corrected chi connectivity index (χ1v) is 12.7. The fraction of sp³-hybridized carbons (Fsp3) is 0.360. The summed E-state index contributed by atoms with van der Waals surface area (Å²) in [5.41, 5.74) is 1.15. The zero-order valence-electron chi connectivity index (χ0n) is 19.8. The molecular formula is C25H27NO7S. The van der Waals surface area contributed by atoms with Crippen molar-refractivity contribution in [3.63, 3.8) is 0 Å². The van der Waals surface area contributed by atoms with Crippen LogP contribution in [0, 0.1) is 12.3 Å². The summed E-state index contributed by atoms with van der Waals surface area (Å²) in [5, 5.41) is 0.714. The predicted molar refractivity (Wildman–Crippen MR) is 127 cm³/mol. The van der Waals surface area contributed by atoms with E-state index in [1.807, 2.05) is 19.1 Å². The molecule has 0 spiro atoms. The number of ether oxygens (including phenoxy) is 3. The highest BCUT2D eigenvalue weighted by Crippen LogP contribution is 2.45. The largest absolute Gasteiger partial charge is 0.493 e. The van der Waals surface area contributed by atoms with Crippen LogP contribution in [-0.4, -0.2) is 51.2 Å². The van der Waals surface area contributed by atoms with Crippen LogP contribution in [0.3, 0.4) is 0 Å². The van der Waals surface area contributed by atoms with Crippen molar-refractivity contribution in [2.45, 2.75) is 26.7 Å². The lowest BCUT2D eigenvalue weighted by Gasteiger charge is -2.25. The van der Waals surface area contributed by atoms with Gasteiger partial charge in [0, 0.05) is 23.1 Å². The van der Waals surface area contributed by atoms with E-state index >= 15 is 0 Å². The van der Waals surface area contributed by atoms with Crippen molar-refractivity contribution in [3.05, 3.63) is 58.8 Å². The number of aryl methyl sites for hydroxylation is 1. The Morgan fingerprint density at radius 1 is 1.09 bits per heavy atom. The van der Waals surface area contributed by atoms with Crippen molar-refractivity contribution in [3.8, 4) is 11.5 Å². The van der Waals surface area contributed by atoms with Gasteiger partial charge in [0.25, 0.3) is 0 Å². The Morgan fingerprint density at radius 2 is 1.76 bits per heavy atom. The van der Waals surface area contributed by atoms with Gasteiger partial charge in [-0.25, -0.2) is 12.4 Å². The molecule has 9 heteroatoms. The van der Waals surface area contributed by atoms with Crippen LogP contribution in [0.1, 0.15) is 34.1 Å². The molecule has 0 saturated carbocycles. The number of esters is 1. The molecule has 2 aromatic carbocycles. The number of aromatic nitrogens is 1. The number of methoxy groups -OCH3 is 2. The molecule has 0 amide bonds. The molecule has 34 heavy (non-hydrogen) atoms. The van der Waals surface area contributed by atoms with E-state index in [9.17, 15) is 18.0 Å². The maximum Gasteiger partial charge on any atom is 0.320 e. The van der Waals surface area contributed by atoms with Crippen molar-refractivity contribution in [2.75, 3.05) is 27.1 Å². The predicted octanol–water partition coefficient (Wildman–Crippen LogP) is 3.31. The monoisotopic (exact) mass is 485 g/mol. The summed E-state index contributed by atoms with van der Waals surface area (Å²) in [4.78, 5) is 27.1. The number of carbonyl (C=O) groups excluding carboxylic acids is 2. The van der Waals surface area contributed by atoms with Crippen molar-refractivity contribution in [1.82, 2.24) is 3.97 Å². The van der Waals surface area contributed by atoms with E-state index in [2.05, 4.69) is 0 Å². The number of rotatable bonds is 7. The van der Waals surface area contributed by atoms with Gasteiger partial charge < -0.3 is 14.2 Å². The summed E-state index contributed by atoms with van der Waals surface area (Å²) < 4.78 is 42.8. The topological polar surface area (TPSA) is 101 Å². The number of carbonyl (C=O) groups is 2. The molecule has 1 aromatic heterocycles. The van der Waals surface area contributed by atoms with Gasteiger partial charge >= 0.3 is 5.97 Å². The molecule has 1 atom stereocenters. The van der Waals surface area contributed by atoms with Crippen molar-refractivity contribution in [2.24, 2.45) is 5.41 Å². The summed E-state index contributed by atoms with van der Waals surface area (Å²) >= 11 is 0. The van der Waals surface area contributed by atoms with Crippen LogP contribution in [0.2, 0.25) is 0 Å². The minimum Gasteiger partial charge on any atom is -0.493 e. The number of fused-ring (bicyclic) bond motifs is 2. The Morgan fingerprint density at radius 3 is 2.38 bits per heavy atom. The van der Waals surface area contributed by atoms with Gasteiger partial charge in [0.1, 0.15) is 5.41 Å². The second kappa shape index (κ2) is 8.47. The van der Waals surface area contributed by atoms with Gasteiger partial charge in [-0.05, 0) is 56.2 Å². The molecule has 0 bridgehead atoms. The molecule has 0 fully saturated rings. The van der Waals surface area contributed by atoms with E-state index in [4.69, 9.17) is 14.2 Å². The van der Waals surface area contributed by atoms with E-state index < -0.39 is 27.2 Å². The lowest BCUT2D eigenvalue weighted by molar-refractivity contribution is -0.152. The molecule has 0 radical (unpaired) electrons. The summed E-state index contributed by atoms with van der Waals surface area (Å²) in [5.74, 6) is -0.302. The fourth-order valence-electron chi connectivity index (χ4n) is 4.78. The minimum atomic E-state index is -3.73. The highest BCUT2D eigenvalue weighted by Gasteiger charge is 2.53. The number of hydrogen-bond acceptors (Lipinski definition) is 7. The van der Waals surface area contributed by atoms with Crippen LogP contribution >= 0.6 is 0 Å². The average Bonchev–Trinajstić information content (AvgIpc) is 3.27. The third-order valence-corrected chi connectivity index (χ3v) is 7.34. The molecule has 8 nitrogen and oxygen atoms in total. The van der Waals surface area contributed by atoms with Crippen LogP contribution < -0.4 is 9.47 Å². The number of nitrogens with zero attached hydrogens (tertiary/aromatic N) is 1. The number of ketones is 1. The average molecular weight is 486 g/mol. The van der Waals surface area contributed by atoms with Crippen LogP contribution in [-0.2, 0) is 32.4 Å². The Hall–Kier alpha value is -3.33. The molecule has 0 saturated heterocycles. The summed E-state index contributed by atoms with van der Waals surface area (Å²) in [7, 11) is -0.770. The molecule has 1 aliphatic carbocycles. The van der Waals surface area contributed by atoms with Gasteiger partial charge in [-0.3, -0.25) is 9.59 Å². The van der Waals surface area contributed by atoms with Crippen LogP contribution in [0.5, 0.6) is 11.5 Å². The summed E-state index contributed by atoms with van der Waals surface area (Å²) in [6.07, 6.45) is 1.03. The Balaban J connectivity index is 1.92. The first-order chi connectivity index (χ1) is 16.1. The van der Waals surface area contributed by atoms with E-state index in [1.165, 1.54) is 18.2 Å². The van der Waals surface area contributed by atoms with E-state index in [0.29, 0.717) is 39.2 Å². The number of hydrogen-bond donors (Lipinski definition) is 0. The van der Waals surface area contributed by atoms with E-state index in [0.717, 1.165) is 11.8 Å². The highest BCUT2D eigenvalue weighted by atomic mass is 32.2. The van der Waals surface area contributed by atoms with Crippen molar-refractivity contribution in [1.29, 1.82) is 0 Å². The molecule has 3 aromatic rings. The van der Waals surface area contributed by atoms with Crippen molar-refractivity contribution < 1.29 is 32.2 Å². The lowest BCUT2D eigenvalue weighted by atomic mass is 9.79. The second-order valence-electron chi connectivity index (χ2n) is 8.57. The normalized spacial score (nSPS) is 17.6. The van der Waals surface area contributed by atoms with Crippen LogP contribution in [0.25, 0.3) is 10.9 Å².